The number of hydrogen-bond donors (Lipinski definition) is 2. The predicted molar refractivity (Wildman–Crippen MR) is 129 cm³/mol. The second-order valence-corrected chi connectivity index (χ2v) is 8.89. The molecule has 33 heavy (non-hydrogen) atoms. The lowest BCUT2D eigenvalue weighted by molar-refractivity contribution is 0.171. The summed E-state index contributed by atoms with van der Waals surface area (Å²) < 4.78 is 16.5. The SMILES string of the molecule is COc1cc(CN[C@H]2CC[C@@H](Nc3nc(N(C)C)c4ccccc4n3)CC2)cc2c1OCO2. The fourth-order valence-corrected chi connectivity index (χ4v) is 4.64. The van der Waals surface area contributed by atoms with Crippen LogP contribution >= 0.6 is 0 Å². The van der Waals surface area contributed by atoms with Crippen molar-refractivity contribution in [1.82, 2.24) is 15.3 Å². The smallest absolute Gasteiger partial charge is 0.231 e. The topological polar surface area (TPSA) is 80.8 Å². The molecule has 0 saturated heterocycles. The molecule has 0 unspecified atom stereocenters. The largest absolute Gasteiger partial charge is 0.493 e. The van der Waals surface area contributed by atoms with Crippen molar-refractivity contribution < 1.29 is 14.2 Å². The van der Waals surface area contributed by atoms with Crippen LogP contribution in [0.25, 0.3) is 10.9 Å². The Hall–Kier alpha value is -3.26. The first-order valence-electron chi connectivity index (χ1n) is 11.5. The van der Waals surface area contributed by atoms with Crippen LogP contribution in [0.15, 0.2) is 36.4 Å². The third-order valence-electron chi connectivity index (χ3n) is 6.38. The van der Waals surface area contributed by atoms with Gasteiger partial charge in [-0.3, -0.25) is 0 Å². The molecule has 1 saturated carbocycles. The number of ether oxygens (including phenoxy) is 3. The van der Waals surface area contributed by atoms with Gasteiger partial charge in [0.15, 0.2) is 11.5 Å². The number of anilines is 2. The van der Waals surface area contributed by atoms with E-state index in [1.807, 2.05) is 49.3 Å². The van der Waals surface area contributed by atoms with Gasteiger partial charge in [-0.1, -0.05) is 12.1 Å². The molecule has 2 aliphatic rings. The minimum absolute atomic E-state index is 0.247. The van der Waals surface area contributed by atoms with E-state index in [9.17, 15) is 0 Å². The van der Waals surface area contributed by atoms with Crippen LogP contribution in [0.5, 0.6) is 17.2 Å². The minimum Gasteiger partial charge on any atom is -0.493 e. The minimum atomic E-state index is 0.247. The van der Waals surface area contributed by atoms with Gasteiger partial charge in [-0.15, -0.1) is 0 Å². The van der Waals surface area contributed by atoms with Gasteiger partial charge in [0.25, 0.3) is 0 Å². The maximum absolute atomic E-state index is 5.54. The van der Waals surface area contributed by atoms with Crippen LogP contribution in [0.2, 0.25) is 0 Å². The zero-order chi connectivity index (χ0) is 22.8. The van der Waals surface area contributed by atoms with Gasteiger partial charge in [-0.05, 0) is 55.5 Å². The number of fused-ring (bicyclic) bond motifs is 2. The normalized spacial score (nSPS) is 19.5. The van der Waals surface area contributed by atoms with Gasteiger partial charge in [0, 0.05) is 38.1 Å². The summed E-state index contributed by atoms with van der Waals surface area (Å²) in [4.78, 5) is 11.6. The van der Waals surface area contributed by atoms with Crippen LogP contribution in [-0.2, 0) is 6.54 Å². The molecule has 1 fully saturated rings. The fraction of sp³-hybridized carbons (Fsp3) is 0.440. The van der Waals surface area contributed by atoms with Crippen molar-refractivity contribution in [3.05, 3.63) is 42.0 Å². The average Bonchev–Trinajstić information content (AvgIpc) is 3.31. The highest BCUT2D eigenvalue weighted by Gasteiger charge is 2.23. The molecular formula is C25H31N5O3. The number of methoxy groups -OCH3 is 1. The number of hydrogen-bond acceptors (Lipinski definition) is 8. The van der Waals surface area contributed by atoms with Crippen molar-refractivity contribution in [2.24, 2.45) is 0 Å². The van der Waals surface area contributed by atoms with Gasteiger partial charge < -0.3 is 29.7 Å². The predicted octanol–water partition coefficient (Wildman–Crippen LogP) is 3.95. The maximum Gasteiger partial charge on any atom is 0.231 e. The summed E-state index contributed by atoms with van der Waals surface area (Å²) in [5.41, 5.74) is 2.10. The molecule has 1 aromatic heterocycles. The zero-order valence-electron chi connectivity index (χ0n) is 19.4. The Morgan fingerprint density at radius 3 is 2.61 bits per heavy atom. The van der Waals surface area contributed by atoms with Gasteiger partial charge in [-0.25, -0.2) is 4.98 Å². The second kappa shape index (κ2) is 9.31. The summed E-state index contributed by atoms with van der Waals surface area (Å²) in [7, 11) is 5.69. The van der Waals surface area contributed by atoms with E-state index < -0.39 is 0 Å². The summed E-state index contributed by atoms with van der Waals surface area (Å²) in [5.74, 6) is 3.83. The van der Waals surface area contributed by atoms with Crippen molar-refractivity contribution in [2.75, 3.05) is 38.2 Å². The molecule has 2 heterocycles. The van der Waals surface area contributed by atoms with E-state index in [1.54, 1.807) is 7.11 Å². The van der Waals surface area contributed by atoms with E-state index in [0.717, 1.165) is 66.0 Å². The molecule has 3 aromatic rings. The Balaban J connectivity index is 1.18. The molecule has 8 heteroatoms. The van der Waals surface area contributed by atoms with Gasteiger partial charge in [0.1, 0.15) is 5.82 Å². The highest BCUT2D eigenvalue weighted by Crippen LogP contribution is 2.41. The number of aromatic nitrogens is 2. The van der Waals surface area contributed by atoms with Crippen LogP contribution < -0.4 is 29.7 Å². The Labute approximate surface area is 194 Å². The second-order valence-electron chi connectivity index (χ2n) is 8.89. The number of nitrogens with zero attached hydrogens (tertiary/aromatic N) is 3. The zero-order valence-corrected chi connectivity index (χ0v) is 19.4. The van der Waals surface area contributed by atoms with Gasteiger partial charge in [-0.2, -0.15) is 4.98 Å². The van der Waals surface area contributed by atoms with E-state index in [1.165, 1.54) is 0 Å². The number of rotatable bonds is 7. The van der Waals surface area contributed by atoms with E-state index in [2.05, 4.69) is 16.7 Å². The first-order chi connectivity index (χ1) is 16.1. The van der Waals surface area contributed by atoms with Crippen LogP contribution in [0.1, 0.15) is 31.2 Å². The summed E-state index contributed by atoms with van der Waals surface area (Å²) >= 11 is 0. The maximum atomic E-state index is 5.54. The van der Waals surface area contributed by atoms with Crippen LogP contribution in [0.4, 0.5) is 11.8 Å². The van der Waals surface area contributed by atoms with Gasteiger partial charge >= 0.3 is 0 Å². The lowest BCUT2D eigenvalue weighted by atomic mass is 9.91. The quantitative estimate of drug-likeness (QED) is 0.561. The molecule has 0 atom stereocenters. The van der Waals surface area contributed by atoms with E-state index in [0.29, 0.717) is 23.8 Å². The Morgan fingerprint density at radius 1 is 1.03 bits per heavy atom. The summed E-state index contributed by atoms with van der Waals surface area (Å²) in [6, 6.07) is 13.1. The van der Waals surface area contributed by atoms with Crippen molar-refractivity contribution in [1.29, 1.82) is 0 Å². The van der Waals surface area contributed by atoms with E-state index in [-0.39, 0.29) is 6.79 Å². The third kappa shape index (κ3) is 4.61. The fourth-order valence-electron chi connectivity index (χ4n) is 4.64. The van der Waals surface area contributed by atoms with Crippen LogP contribution in [0, 0.1) is 0 Å². The highest BCUT2D eigenvalue weighted by molar-refractivity contribution is 5.90. The molecular weight excluding hydrogens is 418 g/mol. The Bertz CT molecular complexity index is 1130. The summed E-state index contributed by atoms with van der Waals surface area (Å²) in [6.45, 7) is 1.02. The lowest BCUT2D eigenvalue weighted by Crippen LogP contribution is -2.37. The molecule has 2 aromatic carbocycles. The molecule has 1 aliphatic carbocycles. The molecule has 0 radical (unpaired) electrons. The molecule has 0 bridgehead atoms. The molecule has 5 rings (SSSR count). The van der Waals surface area contributed by atoms with Crippen LogP contribution in [0.3, 0.4) is 0 Å². The lowest BCUT2D eigenvalue weighted by Gasteiger charge is -2.30. The molecule has 1 aliphatic heterocycles. The number of benzene rings is 2. The molecule has 174 valence electrons. The van der Waals surface area contributed by atoms with E-state index >= 15 is 0 Å². The number of nitrogens with one attached hydrogen (secondary N) is 2. The van der Waals surface area contributed by atoms with Gasteiger partial charge in [0.2, 0.25) is 18.5 Å². The monoisotopic (exact) mass is 449 g/mol. The number of para-hydroxylation sites is 1. The van der Waals surface area contributed by atoms with E-state index in [4.69, 9.17) is 24.2 Å². The highest BCUT2D eigenvalue weighted by atomic mass is 16.7. The molecule has 0 amide bonds. The summed E-state index contributed by atoms with van der Waals surface area (Å²) in [6.07, 6.45) is 4.37. The standard InChI is InChI=1S/C25H31N5O3/c1-30(2)24-19-6-4-5-7-20(19)28-25(29-24)27-18-10-8-17(9-11-18)26-14-16-12-21(31-3)23-22(13-16)32-15-33-23/h4-7,12-13,17-18,26H,8-11,14-15H2,1-3H3,(H,27,28,29)/t17-,18+. The van der Waals surface area contributed by atoms with Crippen molar-refractivity contribution >= 4 is 22.7 Å². The first-order valence-corrected chi connectivity index (χ1v) is 11.5. The van der Waals surface area contributed by atoms with Crippen molar-refractivity contribution in [2.45, 2.75) is 44.3 Å². The third-order valence-corrected chi connectivity index (χ3v) is 6.38. The average molecular weight is 450 g/mol. The van der Waals surface area contributed by atoms with Crippen molar-refractivity contribution in [3.8, 4) is 17.2 Å². The Kier molecular flexibility index (Phi) is 6.09. The first kappa shape index (κ1) is 21.6. The summed E-state index contributed by atoms with van der Waals surface area (Å²) in [5, 5.41) is 8.35. The van der Waals surface area contributed by atoms with Crippen LogP contribution in [-0.4, -0.2) is 50.0 Å². The molecule has 8 nitrogen and oxygen atoms in total. The molecule has 0 spiro atoms. The van der Waals surface area contributed by atoms with Gasteiger partial charge in [0.05, 0.1) is 12.6 Å². The Morgan fingerprint density at radius 2 is 1.82 bits per heavy atom. The van der Waals surface area contributed by atoms with Crippen molar-refractivity contribution in [3.63, 3.8) is 0 Å². The molecule has 2 N–H and O–H groups in total.